The number of carbonyl (C=O) groups excluding carboxylic acids is 1. The molecule has 2 amide bonds. The first-order valence-corrected chi connectivity index (χ1v) is 8.48. The van der Waals surface area contributed by atoms with Gasteiger partial charge in [0.1, 0.15) is 0 Å². The molecular weight excluding hydrogens is 276 g/mol. The van der Waals surface area contributed by atoms with E-state index < -0.39 is 5.97 Å². The zero-order valence-corrected chi connectivity index (χ0v) is 12.9. The minimum Gasteiger partial charge on any atom is -0.481 e. The molecule has 0 spiro atoms. The van der Waals surface area contributed by atoms with Gasteiger partial charge in [-0.1, -0.05) is 6.92 Å². The van der Waals surface area contributed by atoms with Crippen LogP contribution in [0.2, 0.25) is 0 Å². The number of carboxylic acid groups (broad SMARTS) is 1. The number of thioether (sulfide) groups is 1. The van der Waals surface area contributed by atoms with Gasteiger partial charge in [0.15, 0.2) is 0 Å². The fourth-order valence-electron chi connectivity index (χ4n) is 2.99. The fraction of sp³-hybridized carbons (Fsp3) is 0.857. The number of carboxylic acids is 1. The highest BCUT2D eigenvalue weighted by Gasteiger charge is 2.29. The molecule has 6 heteroatoms. The minimum atomic E-state index is -0.740. The molecule has 114 valence electrons. The Morgan fingerprint density at radius 2 is 2.00 bits per heavy atom. The quantitative estimate of drug-likeness (QED) is 0.867. The van der Waals surface area contributed by atoms with Crippen LogP contribution in [0, 0.1) is 5.92 Å². The average molecular weight is 300 g/mol. The van der Waals surface area contributed by atoms with E-state index in [1.54, 1.807) is 0 Å². The second-order valence-corrected chi connectivity index (χ2v) is 7.34. The maximum Gasteiger partial charge on any atom is 0.320 e. The van der Waals surface area contributed by atoms with Crippen molar-refractivity contribution in [3.8, 4) is 0 Å². The predicted octanol–water partition coefficient (Wildman–Crippen LogP) is 2.12. The monoisotopic (exact) mass is 300 g/mol. The van der Waals surface area contributed by atoms with Gasteiger partial charge in [0.25, 0.3) is 0 Å². The lowest BCUT2D eigenvalue weighted by Crippen LogP contribution is -2.51. The highest BCUT2D eigenvalue weighted by Crippen LogP contribution is 2.24. The lowest BCUT2D eigenvalue weighted by atomic mass is 9.93. The first kappa shape index (κ1) is 15.5. The molecular formula is C14H24N2O3S. The lowest BCUT2D eigenvalue weighted by Gasteiger charge is -2.38. The van der Waals surface area contributed by atoms with Crippen LogP contribution in [0.4, 0.5) is 4.79 Å². The summed E-state index contributed by atoms with van der Waals surface area (Å²) in [6.07, 6.45) is 2.94. The Kier molecular flexibility index (Phi) is 5.57. The topological polar surface area (TPSA) is 60.9 Å². The summed E-state index contributed by atoms with van der Waals surface area (Å²) in [5.41, 5.74) is 0. The molecule has 2 saturated heterocycles. The Balaban J connectivity index is 1.84. The molecule has 2 aliphatic heterocycles. The van der Waals surface area contributed by atoms with Gasteiger partial charge in [-0.15, -0.1) is 0 Å². The van der Waals surface area contributed by atoms with Crippen LogP contribution < -0.4 is 0 Å². The standard InChI is InChI=1S/C14H24N2O3S/c1-11-9-16(7-8-20-11)14(19)15-6-2-3-12(10-15)4-5-13(17)18/h11-12H,2-10H2,1H3,(H,17,18). The molecule has 0 bridgehead atoms. The Morgan fingerprint density at radius 3 is 2.70 bits per heavy atom. The molecule has 0 radical (unpaired) electrons. The van der Waals surface area contributed by atoms with Crippen molar-refractivity contribution in [2.75, 3.05) is 31.9 Å². The van der Waals surface area contributed by atoms with Gasteiger partial charge in [-0.2, -0.15) is 11.8 Å². The van der Waals surface area contributed by atoms with Gasteiger partial charge >= 0.3 is 12.0 Å². The summed E-state index contributed by atoms with van der Waals surface area (Å²) < 4.78 is 0. The number of nitrogens with zero attached hydrogens (tertiary/aromatic N) is 2. The van der Waals surface area contributed by atoms with E-state index in [1.165, 1.54) is 0 Å². The highest BCUT2D eigenvalue weighted by molar-refractivity contribution is 7.99. The molecule has 20 heavy (non-hydrogen) atoms. The van der Waals surface area contributed by atoms with Crippen molar-refractivity contribution in [2.45, 2.75) is 37.9 Å². The molecule has 2 unspecified atom stereocenters. The molecule has 2 fully saturated rings. The van der Waals surface area contributed by atoms with E-state index in [9.17, 15) is 9.59 Å². The summed E-state index contributed by atoms with van der Waals surface area (Å²) in [5.74, 6) is 0.624. The largest absolute Gasteiger partial charge is 0.481 e. The first-order valence-electron chi connectivity index (χ1n) is 7.43. The smallest absolute Gasteiger partial charge is 0.320 e. The molecule has 0 aliphatic carbocycles. The molecule has 2 rings (SSSR count). The number of urea groups is 1. The van der Waals surface area contributed by atoms with Crippen LogP contribution in [0.25, 0.3) is 0 Å². The van der Waals surface area contributed by atoms with Gasteiger partial charge in [0.05, 0.1) is 0 Å². The molecule has 2 heterocycles. The summed E-state index contributed by atoms with van der Waals surface area (Å²) in [4.78, 5) is 27.0. The zero-order chi connectivity index (χ0) is 14.5. The van der Waals surface area contributed by atoms with Gasteiger partial charge in [0.2, 0.25) is 0 Å². The average Bonchev–Trinajstić information content (AvgIpc) is 2.44. The Bertz CT molecular complexity index is 364. The number of hydrogen-bond acceptors (Lipinski definition) is 3. The van der Waals surface area contributed by atoms with Crippen LogP contribution in [0.3, 0.4) is 0 Å². The Morgan fingerprint density at radius 1 is 1.25 bits per heavy atom. The van der Waals surface area contributed by atoms with E-state index >= 15 is 0 Å². The zero-order valence-electron chi connectivity index (χ0n) is 12.1. The lowest BCUT2D eigenvalue weighted by molar-refractivity contribution is -0.137. The third-order valence-electron chi connectivity index (χ3n) is 4.07. The number of aliphatic carboxylic acids is 1. The third-order valence-corrected chi connectivity index (χ3v) is 5.20. The van der Waals surface area contributed by atoms with Crippen LogP contribution in [-0.2, 0) is 4.79 Å². The van der Waals surface area contributed by atoms with E-state index in [0.29, 0.717) is 17.6 Å². The summed E-state index contributed by atoms with van der Waals surface area (Å²) in [6.45, 7) is 5.38. The molecule has 2 atom stereocenters. The SMILES string of the molecule is CC1CN(C(=O)N2CCCC(CCC(=O)O)C2)CCS1. The highest BCUT2D eigenvalue weighted by atomic mass is 32.2. The summed E-state index contributed by atoms with van der Waals surface area (Å²) in [6, 6.07) is 0.150. The van der Waals surface area contributed by atoms with Crippen molar-refractivity contribution in [1.82, 2.24) is 9.80 Å². The second kappa shape index (κ2) is 7.20. The van der Waals surface area contributed by atoms with Crippen molar-refractivity contribution in [2.24, 2.45) is 5.92 Å². The maximum atomic E-state index is 12.5. The van der Waals surface area contributed by atoms with Crippen LogP contribution in [-0.4, -0.2) is 64.1 Å². The van der Waals surface area contributed by atoms with E-state index in [0.717, 1.165) is 44.8 Å². The van der Waals surface area contributed by atoms with E-state index in [1.807, 2.05) is 21.6 Å². The van der Waals surface area contributed by atoms with Crippen LogP contribution in [0.15, 0.2) is 0 Å². The summed E-state index contributed by atoms with van der Waals surface area (Å²) in [5, 5.41) is 9.28. The van der Waals surface area contributed by atoms with Crippen molar-refractivity contribution in [3.63, 3.8) is 0 Å². The van der Waals surface area contributed by atoms with Gasteiger partial charge < -0.3 is 14.9 Å². The number of piperidine rings is 1. The fourth-order valence-corrected chi connectivity index (χ4v) is 4.01. The number of amides is 2. The maximum absolute atomic E-state index is 12.5. The molecule has 5 nitrogen and oxygen atoms in total. The van der Waals surface area contributed by atoms with Gasteiger partial charge in [-0.05, 0) is 25.2 Å². The van der Waals surface area contributed by atoms with Gasteiger partial charge in [0, 0.05) is 43.6 Å². The minimum absolute atomic E-state index is 0.150. The van der Waals surface area contributed by atoms with Crippen molar-refractivity contribution in [1.29, 1.82) is 0 Å². The van der Waals surface area contributed by atoms with Crippen LogP contribution in [0.1, 0.15) is 32.6 Å². The van der Waals surface area contributed by atoms with Crippen LogP contribution >= 0.6 is 11.8 Å². The number of likely N-dealkylation sites (tertiary alicyclic amines) is 1. The first-order chi connectivity index (χ1) is 9.56. The summed E-state index contributed by atoms with van der Waals surface area (Å²) in [7, 11) is 0. The van der Waals surface area contributed by atoms with Crippen LogP contribution in [0.5, 0.6) is 0 Å². The summed E-state index contributed by atoms with van der Waals surface area (Å²) >= 11 is 1.92. The van der Waals surface area contributed by atoms with Crippen molar-refractivity contribution >= 4 is 23.8 Å². The Labute approximate surface area is 124 Å². The molecule has 2 aliphatic rings. The number of rotatable bonds is 3. The van der Waals surface area contributed by atoms with Crippen molar-refractivity contribution < 1.29 is 14.7 Å². The van der Waals surface area contributed by atoms with Crippen molar-refractivity contribution in [3.05, 3.63) is 0 Å². The van der Waals surface area contributed by atoms with Gasteiger partial charge in [-0.3, -0.25) is 4.79 Å². The predicted molar refractivity (Wildman–Crippen MR) is 80.1 cm³/mol. The number of hydrogen-bond donors (Lipinski definition) is 1. The Hall–Kier alpha value is -0.910. The molecule has 0 aromatic carbocycles. The normalized spacial score (nSPS) is 27.4. The molecule has 0 aromatic rings. The third kappa shape index (κ3) is 4.30. The molecule has 0 saturated carbocycles. The molecule has 0 aromatic heterocycles. The van der Waals surface area contributed by atoms with E-state index in [2.05, 4.69) is 6.92 Å². The molecule has 1 N–H and O–H groups in total. The number of carbonyl (C=O) groups is 2. The van der Waals surface area contributed by atoms with E-state index in [-0.39, 0.29) is 12.5 Å². The van der Waals surface area contributed by atoms with E-state index in [4.69, 9.17) is 5.11 Å². The second-order valence-electron chi connectivity index (χ2n) is 5.80. The van der Waals surface area contributed by atoms with Gasteiger partial charge in [-0.25, -0.2) is 4.79 Å².